The lowest BCUT2D eigenvalue weighted by Gasteiger charge is -2.25. The highest BCUT2D eigenvalue weighted by Crippen LogP contribution is 2.24. The van der Waals surface area contributed by atoms with E-state index in [4.69, 9.17) is 5.73 Å². The van der Waals surface area contributed by atoms with Gasteiger partial charge in [-0.2, -0.15) is 0 Å². The van der Waals surface area contributed by atoms with Crippen molar-refractivity contribution in [2.24, 2.45) is 5.92 Å². The van der Waals surface area contributed by atoms with Gasteiger partial charge in [-0.1, -0.05) is 13.8 Å². The van der Waals surface area contributed by atoms with E-state index in [2.05, 4.69) is 46.6 Å². The van der Waals surface area contributed by atoms with Crippen LogP contribution in [0.1, 0.15) is 20.8 Å². The molecule has 0 aromatic carbocycles. The minimum atomic E-state index is 0.606. The zero-order valence-electron chi connectivity index (χ0n) is 9.50. The summed E-state index contributed by atoms with van der Waals surface area (Å²) < 4.78 is 0.921. The maximum atomic E-state index is 5.94. The first kappa shape index (κ1) is 12.3. The molecule has 0 aliphatic heterocycles. The van der Waals surface area contributed by atoms with Crippen LogP contribution in [0.2, 0.25) is 0 Å². The summed E-state index contributed by atoms with van der Waals surface area (Å²) in [5.41, 5.74) is 6.67. The molecule has 84 valence electrons. The Morgan fingerprint density at radius 1 is 1.53 bits per heavy atom. The molecule has 15 heavy (non-hydrogen) atoms. The van der Waals surface area contributed by atoms with E-state index in [0.29, 0.717) is 5.92 Å². The molecule has 1 aromatic heterocycles. The van der Waals surface area contributed by atoms with Gasteiger partial charge < -0.3 is 10.6 Å². The van der Waals surface area contributed by atoms with Crippen LogP contribution in [0.4, 0.5) is 11.5 Å². The van der Waals surface area contributed by atoms with E-state index in [9.17, 15) is 0 Å². The van der Waals surface area contributed by atoms with Gasteiger partial charge in [0, 0.05) is 23.8 Å². The second-order valence-electron chi connectivity index (χ2n) is 4.00. The van der Waals surface area contributed by atoms with Crippen molar-refractivity contribution in [3.8, 4) is 0 Å². The SMILES string of the molecule is CCN(CC(C)C)c1ncc(Br)cc1N. The average molecular weight is 272 g/mol. The summed E-state index contributed by atoms with van der Waals surface area (Å²) in [5.74, 6) is 1.49. The van der Waals surface area contributed by atoms with Crippen molar-refractivity contribution < 1.29 is 0 Å². The van der Waals surface area contributed by atoms with Crippen LogP contribution in [0.25, 0.3) is 0 Å². The van der Waals surface area contributed by atoms with Crippen LogP contribution in [0, 0.1) is 5.92 Å². The zero-order valence-corrected chi connectivity index (χ0v) is 11.1. The van der Waals surface area contributed by atoms with Gasteiger partial charge in [0.2, 0.25) is 0 Å². The number of hydrogen-bond donors (Lipinski definition) is 1. The maximum absolute atomic E-state index is 5.94. The molecule has 1 rings (SSSR count). The minimum Gasteiger partial charge on any atom is -0.396 e. The van der Waals surface area contributed by atoms with Gasteiger partial charge in [0.15, 0.2) is 5.82 Å². The molecular formula is C11H18BrN3. The summed E-state index contributed by atoms with van der Waals surface area (Å²) in [5, 5.41) is 0. The molecule has 0 fully saturated rings. The monoisotopic (exact) mass is 271 g/mol. The molecule has 0 atom stereocenters. The van der Waals surface area contributed by atoms with Crippen LogP contribution in [0.15, 0.2) is 16.7 Å². The highest BCUT2D eigenvalue weighted by Gasteiger charge is 2.11. The van der Waals surface area contributed by atoms with Gasteiger partial charge in [0.05, 0.1) is 5.69 Å². The molecule has 0 spiro atoms. The number of hydrogen-bond acceptors (Lipinski definition) is 3. The molecule has 2 N–H and O–H groups in total. The van der Waals surface area contributed by atoms with E-state index in [1.165, 1.54) is 0 Å². The lowest BCUT2D eigenvalue weighted by atomic mass is 10.2. The Balaban J connectivity index is 2.91. The summed E-state index contributed by atoms with van der Waals surface area (Å²) in [6, 6.07) is 1.89. The van der Waals surface area contributed by atoms with Crippen molar-refractivity contribution in [1.82, 2.24) is 4.98 Å². The molecule has 0 amide bonds. The summed E-state index contributed by atoms with van der Waals surface area (Å²) in [6.45, 7) is 8.41. The summed E-state index contributed by atoms with van der Waals surface area (Å²) >= 11 is 3.36. The molecule has 0 saturated heterocycles. The van der Waals surface area contributed by atoms with E-state index >= 15 is 0 Å². The Labute approximate surface area is 99.8 Å². The van der Waals surface area contributed by atoms with Gasteiger partial charge in [-0.15, -0.1) is 0 Å². The third-order valence-corrected chi connectivity index (χ3v) is 2.56. The molecule has 0 aliphatic carbocycles. The third kappa shape index (κ3) is 3.38. The van der Waals surface area contributed by atoms with Crippen molar-refractivity contribution >= 4 is 27.4 Å². The Morgan fingerprint density at radius 2 is 2.20 bits per heavy atom. The van der Waals surface area contributed by atoms with Crippen molar-refractivity contribution in [1.29, 1.82) is 0 Å². The van der Waals surface area contributed by atoms with Crippen LogP contribution < -0.4 is 10.6 Å². The van der Waals surface area contributed by atoms with Gasteiger partial charge in [-0.05, 0) is 34.8 Å². The fourth-order valence-corrected chi connectivity index (χ4v) is 1.87. The zero-order chi connectivity index (χ0) is 11.4. The Bertz CT molecular complexity index is 326. The predicted octanol–water partition coefficient (Wildman–Crippen LogP) is 2.91. The van der Waals surface area contributed by atoms with E-state index < -0.39 is 0 Å². The minimum absolute atomic E-state index is 0.606. The third-order valence-electron chi connectivity index (χ3n) is 2.13. The van der Waals surface area contributed by atoms with Crippen molar-refractivity contribution in [2.45, 2.75) is 20.8 Å². The van der Waals surface area contributed by atoms with Crippen LogP contribution in [0.5, 0.6) is 0 Å². The highest BCUT2D eigenvalue weighted by atomic mass is 79.9. The van der Waals surface area contributed by atoms with E-state index in [1.54, 1.807) is 6.20 Å². The first-order valence-electron chi connectivity index (χ1n) is 5.20. The largest absolute Gasteiger partial charge is 0.396 e. The number of nitrogen functional groups attached to an aromatic ring is 1. The Hall–Kier alpha value is -0.770. The van der Waals surface area contributed by atoms with E-state index in [-0.39, 0.29) is 0 Å². The molecule has 3 nitrogen and oxygen atoms in total. The normalized spacial score (nSPS) is 10.7. The maximum Gasteiger partial charge on any atom is 0.151 e. The summed E-state index contributed by atoms with van der Waals surface area (Å²) in [7, 11) is 0. The molecule has 0 saturated carbocycles. The number of anilines is 2. The number of nitrogens with zero attached hydrogens (tertiary/aromatic N) is 2. The Morgan fingerprint density at radius 3 is 2.67 bits per heavy atom. The molecule has 0 radical (unpaired) electrons. The number of pyridine rings is 1. The van der Waals surface area contributed by atoms with Crippen LogP contribution in [0.3, 0.4) is 0 Å². The standard InChI is InChI=1S/C11H18BrN3/c1-4-15(7-8(2)3)11-10(13)5-9(12)6-14-11/h5-6,8H,4,7,13H2,1-3H3. The van der Waals surface area contributed by atoms with E-state index in [0.717, 1.165) is 29.1 Å². The van der Waals surface area contributed by atoms with Gasteiger partial charge >= 0.3 is 0 Å². The van der Waals surface area contributed by atoms with Gasteiger partial charge in [0.1, 0.15) is 0 Å². The molecule has 0 aliphatic rings. The van der Waals surface area contributed by atoms with Crippen LogP contribution in [-0.2, 0) is 0 Å². The molecule has 0 unspecified atom stereocenters. The van der Waals surface area contributed by atoms with Gasteiger partial charge in [-0.25, -0.2) is 4.98 Å². The van der Waals surface area contributed by atoms with Crippen molar-refractivity contribution in [3.05, 3.63) is 16.7 Å². The highest BCUT2D eigenvalue weighted by molar-refractivity contribution is 9.10. The average Bonchev–Trinajstić information content (AvgIpc) is 2.14. The van der Waals surface area contributed by atoms with Crippen molar-refractivity contribution in [3.63, 3.8) is 0 Å². The molecule has 0 bridgehead atoms. The van der Waals surface area contributed by atoms with E-state index in [1.807, 2.05) is 6.07 Å². The lowest BCUT2D eigenvalue weighted by molar-refractivity contribution is 0.615. The first-order valence-corrected chi connectivity index (χ1v) is 5.99. The van der Waals surface area contributed by atoms with Gasteiger partial charge in [-0.3, -0.25) is 0 Å². The molecular weight excluding hydrogens is 254 g/mol. The molecule has 1 aromatic rings. The second kappa shape index (κ2) is 5.35. The number of nitrogens with two attached hydrogens (primary N) is 1. The van der Waals surface area contributed by atoms with Crippen LogP contribution in [-0.4, -0.2) is 18.1 Å². The smallest absolute Gasteiger partial charge is 0.151 e. The quantitative estimate of drug-likeness (QED) is 0.916. The van der Waals surface area contributed by atoms with Crippen LogP contribution >= 0.6 is 15.9 Å². The van der Waals surface area contributed by atoms with Crippen molar-refractivity contribution in [2.75, 3.05) is 23.7 Å². The number of halogens is 1. The first-order chi connectivity index (χ1) is 7.04. The second-order valence-corrected chi connectivity index (χ2v) is 4.91. The summed E-state index contributed by atoms with van der Waals surface area (Å²) in [6.07, 6.45) is 1.79. The topological polar surface area (TPSA) is 42.2 Å². The predicted molar refractivity (Wildman–Crippen MR) is 69.1 cm³/mol. The lowest BCUT2D eigenvalue weighted by Crippen LogP contribution is -2.28. The molecule has 4 heteroatoms. The Kier molecular flexibility index (Phi) is 4.39. The molecule has 1 heterocycles. The summed E-state index contributed by atoms with van der Waals surface area (Å²) in [4.78, 5) is 6.56. The van der Waals surface area contributed by atoms with Gasteiger partial charge in [0.25, 0.3) is 0 Å². The number of rotatable bonds is 4. The number of aromatic nitrogens is 1. The fraction of sp³-hybridized carbons (Fsp3) is 0.545. The fourth-order valence-electron chi connectivity index (χ4n) is 1.52.